The van der Waals surface area contributed by atoms with Gasteiger partial charge in [0.1, 0.15) is 0 Å². The molecule has 1 radical (unpaired) electrons. The first-order chi connectivity index (χ1) is 5.83. The van der Waals surface area contributed by atoms with Gasteiger partial charge in [0.05, 0.1) is 0 Å². The molecule has 1 heterocycles. The van der Waals surface area contributed by atoms with Gasteiger partial charge in [-0.05, 0) is 38.8 Å². The second kappa shape index (κ2) is 5.14. The normalized spacial score (nSPS) is 19.1. The third kappa shape index (κ3) is 3.22. The molecule has 0 unspecified atom stereocenters. The molecule has 0 aromatic heterocycles. The van der Waals surface area contributed by atoms with Gasteiger partial charge in [0.25, 0.3) is 0 Å². The van der Waals surface area contributed by atoms with Crippen LogP contribution in [0.3, 0.4) is 0 Å². The lowest BCUT2D eigenvalue weighted by molar-refractivity contribution is -0.120. The Bertz CT molecular complexity index is 141. The average Bonchev–Trinajstić information content (AvgIpc) is 2.16. The van der Waals surface area contributed by atoms with Crippen molar-refractivity contribution < 1.29 is 4.79 Å². The maximum absolute atomic E-state index is 10.9. The lowest BCUT2D eigenvalue weighted by Crippen LogP contribution is -2.35. The molecule has 2 N–H and O–H groups in total. The highest BCUT2D eigenvalue weighted by atomic mass is 16.1. The Kier molecular flexibility index (Phi) is 4.08. The molecule has 0 atom stereocenters. The Morgan fingerprint density at radius 3 is 2.75 bits per heavy atom. The van der Waals surface area contributed by atoms with Gasteiger partial charge in [0, 0.05) is 13.0 Å². The van der Waals surface area contributed by atoms with E-state index in [2.05, 4.69) is 17.6 Å². The molecule has 3 nitrogen and oxygen atoms in total. The SMILES string of the molecule is [CH2]CC(=O)NCC1CCNCC1. The number of hydrogen-bond donors (Lipinski definition) is 2. The van der Waals surface area contributed by atoms with E-state index in [0.717, 1.165) is 19.6 Å². The Morgan fingerprint density at radius 2 is 2.17 bits per heavy atom. The zero-order valence-corrected chi connectivity index (χ0v) is 7.44. The third-order valence-electron chi connectivity index (χ3n) is 2.27. The van der Waals surface area contributed by atoms with E-state index in [9.17, 15) is 4.79 Å². The van der Waals surface area contributed by atoms with Crippen LogP contribution in [0.5, 0.6) is 0 Å². The minimum Gasteiger partial charge on any atom is -0.356 e. The fourth-order valence-corrected chi connectivity index (χ4v) is 1.43. The predicted octanol–water partition coefficient (Wildman–Crippen LogP) is 0.326. The van der Waals surface area contributed by atoms with Crippen LogP contribution in [0.2, 0.25) is 0 Å². The van der Waals surface area contributed by atoms with Crippen molar-refractivity contribution in [3.63, 3.8) is 0 Å². The summed E-state index contributed by atoms with van der Waals surface area (Å²) in [5, 5.41) is 6.16. The molecule has 0 aromatic rings. The van der Waals surface area contributed by atoms with Gasteiger partial charge in [-0.2, -0.15) is 0 Å². The molecule has 1 aliphatic rings. The minimum atomic E-state index is 0.0635. The average molecular weight is 169 g/mol. The van der Waals surface area contributed by atoms with E-state index < -0.39 is 0 Å². The molecule has 0 aromatic carbocycles. The summed E-state index contributed by atoms with van der Waals surface area (Å²) in [7, 11) is 0. The Labute approximate surface area is 73.9 Å². The molecule has 12 heavy (non-hydrogen) atoms. The lowest BCUT2D eigenvalue weighted by atomic mass is 9.98. The first-order valence-corrected chi connectivity index (χ1v) is 4.59. The van der Waals surface area contributed by atoms with Crippen LogP contribution in [0.4, 0.5) is 0 Å². The van der Waals surface area contributed by atoms with E-state index in [-0.39, 0.29) is 5.91 Å². The molecule has 0 bridgehead atoms. The van der Waals surface area contributed by atoms with Crippen molar-refractivity contribution in [2.24, 2.45) is 5.92 Å². The topological polar surface area (TPSA) is 41.1 Å². The molecule has 1 rings (SSSR count). The summed E-state index contributed by atoms with van der Waals surface area (Å²) < 4.78 is 0. The highest BCUT2D eigenvalue weighted by Crippen LogP contribution is 2.09. The smallest absolute Gasteiger partial charge is 0.220 e. The van der Waals surface area contributed by atoms with Crippen molar-refractivity contribution in [2.75, 3.05) is 19.6 Å². The Balaban J connectivity index is 2.09. The van der Waals surface area contributed by atoms with Gasteiger partial charge < -0.3 is 10.6 Å². The summed E-state index contributed by atoms with van der Waals surface area (Å²) in [6.07, 6.45) is 2.71. The fourth-order valence-electron chi connectivity index (χ4n) is 1.43. The summed E-state index contributed by atoms with van der Waals surface area (Å²) in [6.45, 7) is 6.53. The number of carbonyl (C=O) groups excluding carboxylic acids is 1. The molecule has 1 aliphatic heterocycles. The van der Waals surface area contributed by atoms with Crippen LogP contribution >= 0.6 is 0 Å². The first-order valence-electron chi connectivity index (χ1n) is 4.59. The number of carbonyl (C=O) groups is 1. The summed E-state index contributed by atoms with van der Waals surface area (Å²) in [4.78, 5) is 10.9. The maximum atomic E-state index is 10.9. The molecule has 0 aliphatic carbocycles. The van der Waals surface area contributed by atoms with E-state index >= 15 is 0 Å². The zero-order valence-electron chi connectivity index (χ0n) is 7.44. The van der Waals surface area contributed by atoms with E-state index in [1.807, 2.05) is 0 Å². The van der Waals surface area contributed by atoms with Crippen molar-refractivity contribution in [1.29, 1.82) is 0 Å². The molecule has 0 saturated carbocycles. The van der Waals surface area contributed by atoms with E-state index in [1.54, 1.807) is 0 Å². The first kappa shape index (κ1) is 9.52. The van der Waals surface area contributed by atoms with E-state index in [0.29, 0.717) is 12.3 Å². The number of amides is 1. The van der Waals surface area contributed by atoms with Crippen molar-refractivity contribution >= 4 is 5.91 Å². The summed E-state index contributed by atoms with van der Waals surface area (Å²) in [6, 6.07) is 0. The Morgan fingerprint density at radius 1 is 1.50 bits per heavy atom. The third-order valence-corrected chi connectivity index (χ3v) is 2.27. The molecule has 1 amide bonds. The minimum absolute atomic E-state index is 0.0635. The van der Waals surface area contributed by atoms with Gasteiger partial charge in [-0.15, -0.1) is 0 Å². The zero-order chi connectivity index (χ0) is 8.81. The number of nitrogens with one attached hydrogen (secondary N) is 2. The molecule has 3 heteroatoms. The van der Waals surface area contributed by atoms with E-state index in [1.165, 1.54) is 12.8 Å². The van der Waals surface area contributed by atoms with Gasteiger partial charge >= 0.3 is 0 Å². The standard InChI is InChI=1S/C9H17N2O/c1-2-9(12)11-7-8-3-5-10-6-4-8/h8,10H,1-7H2,(H,11,12). The highest BCUT2D eigenvalue weighted by Gasteiger charge is 2.12. The van der Waals surface area contributed by atoms with Crippen LogP contribution in [0.15, 0.2) is 0 Å². The molecule has 0 spiro atoms. The highest BCUT2D eigenvalue weighted by molar-refractivity contribution is 5.76. The van der Waals surface area contributed by atoms with Crippen LogP contribution in [0, 0.1) is 12.8 Å². The van der Waals surface area contributed by atoms with Crippen LogP contribution in [0.25, 0.3) is 0 Å². The predicted molar refractivity (Wildman–Crippen MR) is 48.6 cm³/mol. The number of hydrogen-bond acceptors (Lipinski definition) is 2. The summed E-state index contributed by atoms with van der Waals surface area (Å²) in [5.41, 5.74) is 0. The van der Waals surface area contributed by atoms with Gasteiger partial charge in [-0.25, -0.2) is 0 Å². The maximum Gasteiger partial charge on any atom is 0.220 e. The molecule has 1 fully saturated rings. The monoisotopic (exact) mass is 169 g/mol. The summed E-state index contributed by atoms with van der Waals surface area (Å²) >= 11 is 0. The fraction of sp³-hybridized carbons (Fsp3) is 0.778. The number of piperidine rings is 1. The quantitative estimate of drug-likeness (QED) is 0.639. The van der Waals surface area contributed by atoms with Crippen LogP contribution in [-0.2, 0) is 4.79 Å². The van der Waals surface area contributed by atoms with Gasteiger partial charge in [0.2, 0.25) is 5.91 Å². The molecular weight excluding hydrogens is 152 g/mol. The second-order valence-electron chi connectivity index (χ2n) is 3.25. The summed E-state index contributed by atoms with van der Waals surface area (Å²) in [5.74, 6) is 0.732. The Hall–Kier alpha value is -0.570. The van der Waals surface area contributed by atoms with E-state index in [4.69, 9.17) is 0 Å². The van der Waals surface area contributed by atoms with Crippen LogP contribution in [-0.4, -0.2) is 25.5 Å². The van der Waals surface area contributed by atoms with Gasteiger partial charge in [-0.3, -0.25) is 4.79 Å². The van der Waals surface area contributed by atoms with Crippen molar-refractivity contribution in [2.45, 2.75) is 19.3 Å². The van der Waals surface area contributed by atoms with Crippen molar-refractivity contribution in [3.05, 3.63) is 6.92 Å². The molecule has 1 saturated heterocycles. The molecule has 69 valence electrons. The van der Waals surface area contributed by atoms with Gasteiger partial charge in [-0.1, -0.05) is 0 Å². The van der Waals surface area contributed by atoms with Gasteiger partial charge in [0.15, 0.2) is 0 Å². The largest absolute Gasteiger partial charge is 0.356 e. The second-order valence-corrected chi connectivity index (χ2v) is 3.25. The van der Waals surface area contributed by atoms with Crippen molar-refractivity contribution in [1.82, 2.24) is 10.6 Å². The van der Waals surface area contributed by atoms with Crippen molar-refractivity contribution in [3.8, 4) is 0 Å². The number of rotatable bonds is 3. The van der Waals surface area contributed by atoms with Crippen LogP contribution < -0.4 is 10.6 Å². The lowest BCUT2D eigenvalue weighted by Gasteiger charge is -2.22. The molecular formula is C9H17N2O. The van der Waals surface area contributed by atoms with Crippen LogP contribution in [0.1, 0.15) is 19.3 Å².